The van der Waals surface area contributed by atoms with Crippen LogP contribution in [0, 0.1) is 0 Å². The van der Waals surface area contributed by atoms with Gasteiger partial charge in [0.15, 0.2) is 0 Å². The fraction of sp³-hybridized carbons (Fsp3) is 1.00. The summed E-state index contributed by atoms with van der Waals surface area (Å²) in [6, 6.07) is 0. The smallest absolute Gasteiger partial charge is 0.183 e. The molecule has 0 spiro atoms. The molecule has 0 rings (SSSR count). The van der Waals surface area contributed by atoms with Gasteiger partial charge < -0.3 is 0 Å². The average molecular weight is 97.1 g/mol. The lowest BCUT2D eigenvalue weighted by molar-refractivity contribution is 0.163. The molecule has 4 heteroatoms. The molecule has 0 saturated heterocycles. The predicted molar refractivity (Wildman–Crippen MR) is 15.8 cm³/mol. The summed E-state index contributed by atoms with van der Waals surface area (Å²) in [5.74, 6) is 0. The molecule has 0 aliphatic carbocycles. The van der Waals surface area contributed by atoms with Gasteiger partial charge in [-0.05, 0) is 0 Å². The summed E-state index contributed by atoms with van der Waals surface area (Å²) in [6.45, 7) is -2.68. The zero-order valence-corrected chi connectivity index (χ0v) is 3.01. The van der Waals surface area contributed by atoms with E-state index >= 15 is 0 Å². The molecule has 30 valence electrons. The molecule has 0 unspecified atom stereocenters. The van der Waals surface area contributed by atoms with Crippen molar-refractivity contribution in [3.8, 4) is 0 Å². The predicted octanol–water partition coefficient (Wildman–Crippen LogP) is 0.940. The Bertz CT molecular complexity index is 36.6. The van der Waals surface area contributed by atoms with E-state index in [-0.39, 0.29) is 0 Å². The number of rotatable bonds is 1. The molecule has 0 amide bonds. The maximum absolute atomic E-state index is 10.5. The SMILES string of the molecule is FC(F)N=S. The molecular weight excluding hydrogens is 96.1 g/mol. The molecule has 0 atom stereocenters. The first-order valence-corrected chi connectivity index (χ1v) is 1.24. The molecule has 0 radical (unpaired) electrons. The van der Waals surface area contributed by atoms with E-state index in [1.54, 1.807) is 0 Å². The fourth-order valence-corrected chi connectivity index (χ4v) is 0. The molecule has 0 aliphatic rings. The number of hydrogen-bond donors (Lipinski definition) is 0. The highest BCUT2D eigenvalue weighted by Crippen LogP contribution is 1.88. The largest absolute Gasteiger partial charge is 0.342 e. The minimum Gasteiger partial charge on any atom is -0.183 e. The van der Waals surface area contributed by atoms with Crippen molar-refractivity contribution in [2.75, 3.05) is 0 Å². The topological polar surface area (TPSA) is 12.4 Å². The highest BCUT2D eigenvalue weighted by Gasteiger charge is 1.88. The summed E-state index contributed by atoms with van der Waals surface area (Å²) in [7, 11) is 0. The molecule has 0 saturated carbocycles. The first-order chi connectivity index (χ1) is 2.27. The Kier molecular flexibility index (Phi) is 2.09. The van der Waals surface area contributed by atoms with Crippen LogP contribution in [0.4, 0.5) is 8.78 Å². The Labute approximate surface area is 33.2 Å². The maximum atomic E-state index is 10.5. The van der Waals surface area contributed by atoms with Gasteiger partial charge >= 0.3 is 6.55 Å². The first kappa shape index (κ1) is 4.88. The second-order valence-electron chi connectivity index (χ2n) is 0.383. The molecule has 0 heterocycles. The van der Waals surface area contributed by atoms with E-state index in [0.717, 1.165) is 0 Å². The van der Waals surface area contributed by atoms with Gasteiger partial charge in [0.05, 0.1) is 0 Å². The molecule has 0 N–H and O–H groups in total. The van der Waals surface area contributed by atoms with Gasteiger partial charge in [-0.15, -0.1) is 4.36 Å². The lowest BCUT2D eigenvalue weighted by Gasteiger charge is -1.73. The third-order valence-electron chi connectivity index (χ3n) is 0.0797. The summed E-state index contributed by atoms with van der Waals surface area (Å²) in [5.41, 5.74) is 0. The zero-order valence-electron chi connectivity index (χ0n) is 2.19. The quantitative estimate of drug-likeness (QED) is 0.443. The van der Waals surface area contributed by atoms with E-state index in [4.69, 9.17) is 0 Å². The molecule has 0 aromatic carbocycles. The highest BCUT2D eigenvalue weighted by atomic mass is 32.1. The zero-order chi connectivity index (χ0) is 4.28. The van der Waals surface area contributed by atoms with E-state index in [2.05, 4.69) is 16.8 Å². The van der Waals surface area contributed by atoms with Gasteiger partial charge in [0, 0.05) is 12.4 Å². The highest BCUT2D eigenvalue weighted by molar-refractivity contribution is 7.47. The molecular formula is CHF2NS. The van der Waals surface area contributed by atoms with Crippen molar-refractivity contribution in [3.05, 3.63) is 0 Å². The number of nitrogens with zero attached hydrogens (tertiary/aromatic N) is 1. The van der Waals surface area contributed by atoms with Crippen molar-refractivity contribution in [1.82, 2.24) is 0 Å². The van der Waals surface area contributed by atoms with Crippen LogP contribution in [-0.2, 0) is 12.4 Å². The number of alkyl halides is 2. The second kappa shape index (κ2) is 2.14. The minimum atomic E-state index is -2.68. The molecule has 0 aliphatic heterocycles. The molecule has 5 heavy (non-hydrogen) atoms. The lowest BCUT2D eigenvalue weighted by Crippen LogP contribution is -1.74. The first-order valence-electron chi connectivity index (χ1n) is 0.877. The van der Waals surface area contributed by atoms with Crippen molar-refractivity contribution in [1.29, 1.82) is 0 Å². The Hall–Kier alpha value is -0.120. The van der Waals surface area contributed by atoms with E-state index in [1.165, 1.54) is 0 Å². The van der Waals surface area contributed by atoms with Crippen LogP contribution in [0.2, 0.25) is 0 Å². The van der Waals surface area contributed by atoms with Crippen LogP contribution >= 0.6 is 0 Å². The van der Waals surface area contributed by atoms with Crippen LogP contribution in [0.25, 0.3) is 0 Å². The third-order valence-corrected chi connectivity index (χ3v) is 0.239. The van der Waals surface area contributed by atoms with Crippen LogP contribution in [0.15, 0.2) is 4.36 Å². The van der Waals surface area contributed by atoms with Crippen molar-refractivity contribution in [2.24, 2.45) is 4.36 Å². The van der Waals surface area contributed by atoms with Crippen LogP contribution in [0.5, 0.6) is 0 Å². The van der Waals surface area contributed by atoms with Gasteiger partial charge in [-0.3, -0.25) is 0 Å². The maximum Gasteiger partial charge on any atom is 0.342 e. The van der Waals surface area contributed by atoms with Crippen LogP contribution < -0.4 is 0 Å². The normalized spacial score (nSPS) is 8.60. The van der Waals surface area contributed by atoms with Gasteiger partial charge in [-0.1, -0.05) is 0 Å². The summed E-state index contributed by atoms with van der Waals surface area (Å²) in [4.78, 5) is 0. The van der Waals surface area contributed by atoms with Gasteiger partial charge in [-0.2, -0.15) is 8.78 Å². The molecule has 1 nitrogen and oxygen atoms in total. The standard InChI is InChI=1S/CHF2NS/c2-1(3)4-5/h1H. The Morgan fingerprint density at radius 1 is 1.60 bits per heavy atom. The van der Waals surface area contributed by atoms with Gasteiger partial charge in [-0.25, -0.2) is 0 Å². The Morgan fingerprint density at radius 3 is 1.80 bits per heavy atom. The van der Waals surface area contributed by atoms with Crippen LogP contribution in [0.3, 0.4) is 0 Å². The van der Waals surface area contributed by atoms with Crippen LogP contribution in [0.1, 0.15) is 0 Å². The summed E-state index contributed by atoms with van der Waals surface area (Å²) in [6.07, 6.45) is 0. The van der Waals surface area contributed by atoms with Gasteiger partial charge in [0.25, 0.3) is 0 Å². The monoisotopic (exact) mass is 97.0 g/mol. The minimum absolute atomic E-state index is 2.14. The van der Waals surface area contributed by atoms with E-state index in [9.17, 15) is 8.78 Å². The third kappa shape index (κ3) is 3.88. The fourth-order valence-electron chi connectivity index (χ4n) is 0. The van der Waals surface area contributed by atoms with Crippen molar-refractivity contribution in [3.63, 3.8) is 0 Å². The molecule has 0 aromatic rings. The molecule has 0 aromatic heterocycles. The van der Waals surface area contributed by atoms with Crippen molar-refractivity contribution < 1.29 is 8.78 Å². The average Bonchev–Trinajstić information content (AvgIpc) is 1.38. The Morgan fingerprint density at radius 2 is 1.80 bits per heavy atom. The second-order valence-corrected chi connectivity index (χ2v) is 0.594. The summed E-state index contributed by atoms with van der Waals surface area (Å²) in [5, 5.41) is 0. The van der Waals surface area contributed by atoms with Crippen molar-refractivity contribution >= 4 is 12.4 Å². The van der Waals surface area contributed by atoms with E-state index < -0.39 is 6.55 Å². The van der Waals surface area contributed by atoms with Crippen LogP contribution in [-0.4, -0.2) is 6.55 Å². The van der Waals surface area contributed by atoms with E-state index in [1.807, 2.05) is 0 Å². The van der Waals surface area contributed by atoms with Gasteiger partial charge in [0.2, 0.25) is 0 Å². The lowest BCUT2D eigenvalue weighted by atomic mass is 11.4. The Balaban J connectivity index is 2.83. The summed E-state index contributed by atoms with van der Waals surface area (Å²) < 4.78 is 23.1. The van der Waals surface area contributed by atoms with Crippen molar-refractivity contribution in [2.45, 2.75) is 6.55 Å². The number of hydrogen-bond acceptors (Lipinski definition) is 2. The summed E-state index contributed by atoms with van der Waals surface area (Å²) >= 11 is 3.55. The molecule has 0 bridgehead atoms. The number of halogens is 2. The molecule has 0 fully saturated rings. The van der Waals surface area contributed by atoms with Gasteiger partial charge in [0.1, 0.15) is 0 Å². The van der Waals surface area contributed by atoms with E-state index in [0.29, 0.717) is 0 Å².